The van der Waals surface area contributed by atoms with Crippen molar-refractivity contribution < 1.29 is 24.2 Å². The second-order valence-electron chi connectivity index (χ2n) is 7.64. The van der Waals surface area contributed by atoms with E-state index < -0.39 is 22.6 Å². The van der Waals surface area contributed by atoms with Crippen LogP contribution in [0.3, 0.4) is 0 Å². The molecule has 0 saturated carbocycles. The maximum atomic E-state index is 13.3. The number of amides is 3. The lowest BCUT2D eigenvalue weighted by Gasteiger charge is -2.34. The molecule has 4 rings (SSSR count). The molecule has 3 fully saturated rings. The number of hydrogen-bond acceptors (Lipinski definition) is 6. The molecule has 0 aromatic heterocycles. The van der Waals surface area contributed by atoms with Crippen LogP contribution in [0.2, 0.25) is 0 Å². The predicted molar refractivity (Wildman–Crippen MR) is 109 cm³/mol. The van der Waals surface area contributed by atoms with Crippen LogP contribution in [0.4, 0.5) is 5.69 Å². The molecule has 2 unspecified atom stereocenters. The standard InChI is InChI=1S/C20H25N3O5S/c1-21-17(25)14-13-7-8-20(29-13)15(14)19(27)23(9-10-24)16(20)18(26)22-11-3-5-12(28-2)6-4-11/h3-6,13-16,24H,7-10H2,1-2H3,(H,21,25)(H,22,26)/t13-,14+,15-,16?,20?/m0/s1. The van der Waals surface area contributed by atoms with Crippen molar-refractivity contribution in [1.82, 2.24) is 10.2 Å². The summed E-state index contributed by atoms with van der Waals surface area (Å²) in [5.41, 5.74) is 0.604. The van der Waals surface area contributed by atoms with Gasteiger partial charge in [-0.2, -0.15) is 0 Å². The van der Waals surface area contributed by atoms with E-state index in [1.54, 1.807) is 50.2 Å². The van der Waals surface area contributed by atoms with E-state index in [0.717, 1.165) is 6.42 Å². The third kappa shape index (κ3) is 2.98. The number of hydrogen-bond donors (Lipinski definition) is 3. The molecule has 1 aromatic carbocycles. The fourth-order valence-electron chi connectivity index (χ4n) is 5.15. The summed E-state index contributed by atoms with van der Waals surface area (Å²) in [6, 6.07) is 6.26. The van der Waals surface area contributed by atoms with Crippen LogP contribution in [0, 0.1) is 11.8 Å². The zero-order chi connectivity index (χ0) is 20.8. The first-order valence-electron chi connectivity index (χ1n) is 9.72. The van der Waals surface area contributed by atoms with Crippen LogP contribution in [-0.2, 0) is 14.4 Å². The smallest absolute Gasteiger partial charge is 0.248 e. The minimum Gasteiger partial charge on any atom is -0.497 e. The number of likely N-dealkylation sites (tertiary alicyclic amines) is 1. The van der Waals surface area contributed by atoms with Gasteiger partial charge in [-0.05, 0) is 37.1 Å². The number of rotatable bonds is 6. The first-order chi connectivity index (χ1) is 14.0. The summed E-state index contributed by atoms with van der Waals surface area (Å²) < 4.78 is 4.51. The fraction of sp³-hybridized carbons (Fsp3) is 0.550. The Hall–Kier alpha value is -2.26. The van der Waals surface area contributed by atoms with E-state index in [2.05, 4.69) is 10.6 Å². The Morgan fingerprint density at radius 2 is 2.03 bits per heavy atom. The summed E-state index contributed by atoms with van der Waals surface area (Å²) in [5.74, 6) is -0.946. The molecule has 3 aliphatic heterocycles. The van der Waals surface area contributed by atoms with Crippen molar-refractivity contribution >= 4 is 35.2 Å². The van der Waals surface area contributed by atoms with Crippen molar-refractivity contribution in [3.63, 3.8) is 0 Å². The van der Waals surface area contributed by atoms with E-state index in [1.165, 1.54) is 4.90 Å². The zero-order valence-corrected chi connectivity index (χ0v) is 17.2. The Morgan fingerprint density at radius 3 is 2.66 bits per heavy atom. The van der Waals surface area contributed by atoms with Crippen LogP contribution in [-0.4, -0.2) is 71.1 Å². The Morgan fingerprint density at radius 1 is 1.31 bits per heavy atom. The van der Waals surface area contributed by atoms with Gasteiger partial charge in [0.15, 0.2) is 0 Å². The molecule has 3 N–H and O–H groups in total. The first-order valence-corrected chi connectivity index (χ1v) is 10.6. The molecule has 3 amide bonds. The lowest BCUT2D eigenvalue weighted by atomic mass is 9.71. The van der Waals surface area contributed by atoms with Crippen LogP contribution in [0.1, 0.15) is 12.8 Å². The van der Waals surface area contributed by atoms with Crippen LogP contribution in [0.15, 0.2) is 24.3 Å². The van der Waals surface area contributed by atoms with E-state index >= 15 is 0 Å². The van der Waals surface area contributed by atoms with E-state index in [1.807, 2.05) is 0 Å². The Bertz CT molecular complexity index is 832. The molecule has 5 atom stereocenters. The minimum absolute atomic E-state index is 0.0384. The number of benzene rings is 1. The highest BCUT2D eigenvalue weighted by Gasteiger charge is 2.73. The second-order valence-corrected chi connectivity index (χ2v) is 9.24. The predicted octanol–water partition coefficient (Wildman–Crippen LogP) is 0.463. The number of nitrogens with zero attached hydrogens (tertiary/aromatic N) is 1. The molecule has 9 heteroatoms. The van der Waals surface area contributed by atoms with E-state index in [-0.39, 0.29) is 36.1 Å². The molecule has 8 nitrogen and oxygen atoms in total. The number of anilines is 1. The number of nitrogens with one attached hydrogen (secondary N) is 2. The quantitative estimate of drug-likeness (QED) is 0.619. The van der Waals surface area contributed by atoms with Crippen LogP contribution >= 0.6 is 11.8 Å². The monoisotopic (exact) mass is 419 g/mol. The zero-order valence-electron chi connectivity index (χ0n) is 16.4. The van der Waals surface area contributed by atoms with Gasteiger partial charge >= 0.3 is 0 Å². The third-order valence-electron chi connectivity index (χ3n) is 6.30. The van der Waals surface area contributed by atoms with E-state index in [9.17, 15) is 19.5 Å². The summed E-state index contributed by atoms with van der Waals surface area (Å²) >= 11 is 1.60. The fourth-order valence-corrected chi connectivity index (χ4v) is 7.37. The Balaban J connectivity index is 1.66. The van der Waals surface area contributed by atoms with Crippen molar-refractivity contribution in [1.29, 1.82) is 0 Å². The van der Waals surface area contributed by atoms with Gasteiger partial charge < -0.3 is 25.4 Å². The van der Waals surface area contributed by atoms with Crippen LogP contribution < -0.4 is 15.4 Å². The molecule has 1 spiro atoms. The summed E-state index contributed by atoms with van der Waals surface area (Å²) in [6.07, 6.45) is 1.50. The number of aliphatic hydroxyl groups is 1. The van der Waals surface area contributed by atoms with Gasteiger partial charge in [0.05, 0.1) is 30.3 Å². The summed E-state index contributed by atoms with van der Waals surface area (Å²) in [6.45, 7) is -0.164. The third-order valence-corrected chi connectivity index (χ3v) is 8.25. The molecule has 156 valence electrons. The molecular formula is C20H25N3O5S. The Kier molecular flexibility index (Phi) is 5.20. The van der Waals surface area contributed by atoms with Gasteiger partial charge in [0.2, 0.25) is 17.7 Å². The van der Waals surface area contributed by atoms with Crippen molar-refractivity contribution in [2.75, 3.05) is 32.6 Å². The number of β-amino-alcohol motifs (C(OH)–C–C–N with tert-alkyl or cyclic N) is 1. The van der Waals surface area contributed by atoms with Gasteiger partial charge in [0.1, 0.15) is 11.8 Å². The maximum absolute atomic E-state index is 13.3. The SMILES string of the molecule is CNC(=O)[C@@H]1[C@@H]2CCC3(S2)C(C(=O)Nc2ccc(OC)cc2)N(CCO)C(=O)[C@H]13. The number of fused-ring (bicyclic) bond motifs is 1. The highest BCUT2D eigenvalue weighted by atomic mass is 32.2. The molecular weight excluding hydrogens is 394 g/mol. The highest BCUT2D eigenvalue weighted by molar-refractivity contribution is 8.02. The maximum Gasteiger partial charge on any atom is 0.248 e. The largest absolute Gasteiger partial charge is 0.497 e. The van der Waals surface area contributed by atoms with Crippen molar-refractivity contribution in [3.8, 4) is 5.75 Å². The lowest BCUT2D eigenvalue weighted by Crippen LogP contribution is -2.52. The number of aliphatic hydroxyl groups excluding tert-OH is 1. The molecule has 2 bridgehead atoms. The van der Waals surface area contributed by atoms with E-state index in [4.69, 9.17) is 4.74 Å². The van der Waals surface area contributed by atoms with E-state index in [0.29, 0.717) is 17.9 Å². The molecule has 0 radical (unpaired) electrons. The highest BCUT2D eigenvalue weighted by Crippen LogP contribution is 2.66. The minimum atomic E-state index is -0.723. The lowest BCUT2D eigenvalue weighted by molar-refractivity contribution is -0.139. The van der Waals surface area contributed by atoms with Crippen molar-refractivity contribution in [3.05, 3.63) is 24.3 Å². The number of thioether (sulfide) groups is 1. The molecule has 0 aliphatic carbocycles. The average molecular weight is 420 g/mol. The number of carbonyl (C=O) groups excluding carboxylic acids is 3. The van der Waals surface area contributed by atoms with Gasteiger partial charge in [-0.15, -0.1) is 11.8 Å². The normalized spacial score (nSPS) is 32.2. The number of methoxy groups -OCH3 is 1. The molecule has 29 heavy (non-hydrogen) atoms. The van der Waals surface area contributed by atoms with Gasteiger partial charge in [-0.3, -0.25) is 14.4 Å². The Labute approximate surface area is 173 Å². The number of ether oxygens (including phenoxy) is 1. The molecule has 3 saturated heterocycles. The summed E-state index contributed by atoms with van der Waals surface area (Å²) in [7, 11) is 3.14. The van der Waals surface area contributed by atoms with Crippen molar-refractivity contribution in [2.45, 2.75) is 28.9 Å². The van der Waals surface area contributed by atoms with Gasteiger partial charge in [-0.1, -0.05) is 0 Å². The average Bonchev–Trinajstić information content (AvgIpc) is 3.36. The summed E-state index contributed by atoms with van der Waals surface area (Å²) in [4.78, 5) is 40.6. The van der Waals surface area contributed by atoms with Gasteiger partial charge in [0, 0.05) is 24.5 Å². The number of carbonyl (C=O) groups is 3. The van der Waals surface area contributed by atoms with Crippen molar-refractivity contribution in [2.24, 2.45) is 11.8 Å². The second kappa shape index (κ2) is 7.53. The topological polar surface area (TPSA) is 108 Å². The van der Waals surface area contributed by atoms with Crippen LogP contribution in [0.5, 0.6) is 5.75 Å². The van der Waals surface area contributed by atoms with Gasteiger partial charge in [0.25, 0.3) is 0 Å². The molecule has 3 aliphatic rings. The first kappa shape index (κ1) is 20.0. The van der Waals surface area contributed by atoms with Gasteiger partial charge in [-0.25, -0.2) is 0 Å². The summed E-state index contributed by atoms with van der Waals surface area (Å²) in [5, 5.41) is 15.1. The molecule has 3 heterocycles. The van der Waals surface area contributed by atoms with Crippen LogP contribution in [0.25, 0.3) is 0 Å². The molecule has 1 aromatic rings.